The number of carbonyl (C=O) groups excluding carboxylic acids is 1. The third-order valence-electron chi connectivity index (χ3n) is 3.57. The SMILES string of the molecule is COc1ccc(NC(=O)C(C#N)=Cc2ccc(OCC(=O)O)cc2)c([N+](=O)[O-])c1. The van der Waals surface area contributed by atoms with Gasteiger partial charge in [-0.2, -0.15) is 5.26 Å². The van der Waals surface area contributed by atoms with E-state index in [4.69, 9.17) is 14.6 Å². The fourth-order valence-corrected chi connectivity index (χ4v) is 2.21. The molecule has 0 atom stereocenters. The second kappa shape index (κ2) is 9.52. The topological polar surface area (TPSA) is 152 Å². The van der Waals surface area contributed by atoms with Gasteiger partial charge < -0.3 is 19.9 Å². The molecule has 0 aliphatic heterocycles. The first kappa shape index (κ1) is 20.9. The van der Waals surface area contributed by atoms with E-state index in [0.717, 1.165) is 6.07 Å². The van der Waals surface area contributed by atoms with E-state index >= 15 is 0 Å². The molecule has 29 heavy (non-hydrogen) atoms. The Morgan fingerprint density at radius 3 is 2.45 bits per heavy atom. The maximum Gasteiger partial charge on any atom is 0.341 e. The standard InChI is InChI=1S/C19H15N3O7/c1-28-15-6-7-16(17(9-15)22(26)27)21-19(25)13(10-20)8-12-2-4-14(5-3-12)29-11-18(23)24/h2-9H,11H2,1H3,(H,21,25)(H,23,24). The van der Waals surface area contributed by atoms with Crippen molar-refractivity contribution in [3.63, 3.8) is 0 Å². The van der Waals surface area contributed by atoms with Crippen LogP contribution in [0.3, 0.4) is 0 Å². The molecule has 0 aliphatic rings. The molecular weight excluding hydrogens is 382 g/mol. The number of carbonyl (C=O) groups is 2. The first-order valence-electron chi connectivity index (χ1n) is 8.04. The van der Waals surface area contributed by atoms with Crippen molar-refractivity contribution >= 4 is 29.3 Å². The van der Waals surface area contributed by atoms with Crippen LogP contribution < -0.4 is 14.8 Å². The minimum atomic E-state index is -1.12. The Labute approximate surface area is 164 Å². The van der Waals surface area contributed by atoms with E-state index in [9.17, 15) is 25.0 Å². The van der Waals surface area contributed by atoms with Crippen LogP contribution >= 0.6 is 0 Å². The Hall–Kier alpha value is -4.39. The van der Waals surface area contributed by atoms with E-state index in [2.05, 4.69) is 5.32 Å². The number of nitro benzene ring substituents is 1. The molecule has 0 radical (unpaired) electrons. The lowest BCUT2D eigenvalue weighted by atomic mass is 10.1. The third-order valence-corrected chi connectivity index (χ3v) is 3.57. The molecular formula is C19H15N3O7. The van der Waals surface area contributed by atoms with E-state index < -0.39 is 23.4 Å². The number of nitro groups is 1. The number of rotatable bonds is 8. The van der Waals surface area contributed by atoms with Gasteiger partial charge in [-0.1, -0.05) is 12.1 Å². The summed E-state index contributed by atoms with van der Waals surface area (Å²) in [5, 5.41) is 31.4. The highest BCUT2D eigenvalue weighted by atomic mass is 16.6. The third kappa shape index (κ3) is 5.80. The van der Waals surface area contributed by atoms with Crippen LogP contribution in [0.15, 0.2) is 48.0 Å². The normalized spacial score (nSPS) is 10.6. The van der Waals surface area contributed by atoms with Crippen LogP contribution in [0.5, 0.6) is 11.5 Å². The Morgan fingerprint density at radius 1 is 1.24 bits per heavy atom. The summed E-state index contributed by atoms with van der Waals surface area (Å²) < 4.78 is 9.93. The molecule has 1 amide bonds. The zero-order valence-electron chi connectivity index (χ0n) is 15.1. The molecule has 2 N–H and O–H groups in total. The van der Waals surface area contributed by atoms with E-state index in [0.29, 0.717) is 11.3 Å². The summed E-state index contributed by atoms with van der Waals surface area (Å²) in [6, 6.07) is 11.7. The molecule has 0 aromatic heterocycles. The predicted octanol–water partition coefficient (Wildman–Crippen LogP) is 2.61. The number of amides is 1. The lowest BCUT2D eigenvalue weighted by molar-refractivity contribution is -0.384. The van der Waals surface area contributed by atoms with Crippen LogP contribution in [0.1, 0.15) is 5.56 Å². The van der Waals surface area contributed by atoms with Crippen LogP contribution in [0.4, 0.5) is 11.4 Å². The summed E-state index contributed by atoms with van der Waals surface area (Å²) >= 11 is 0. The van der Waals surface area contributed by atoms with E-state index in [1.807, 2.05) is 0 Å². The maximum atomic E-state index is 12.4. The zero-order valence-corrected chi connectivity index (χ0v) is 15.1. The largest absolute Gasteiger partial charge is 0.496 e. The molecule has 0 saturated carbocycles. The number of nitriles is 1. The highest BCUT2D eigenvalue weighted by molar-refractivity contribution is 6.10. The molecule has 10 nitrogen and oxygen atoms in total. The minimum absolute atomic E-state index is 0.0839. The lowest BCUT2D eigenvalue weighted by Crippen LogP contribution is -2.14. The molecule has 0 unspecified atom stereocenters. The van der Waals surface area contributed by atoms with Crippen molar-refractivity contribution in [3.05, 3.63) is 63.7 Å². The van der Waals surface area contributed by atoms with Gasteiger partial charge in [-0.3, -0.25) is 14.9 Å². The van der Waals surface area contributed by atoms with Crippen molar-refractivity contribution in [2.24, 2.45) is 0 Å². The van der Waals surface area contributed by atoms with E-state index in [1.165, 1.54) is 49.6 Å². The van der Waals surface area contributed by atoms with Crippen LogP contribution in [0.2, 0.25) is 0 Å². The van der Waals surface area contributed by atoms with Crippen LogP contribution in [-0.4, -0.2) is 35.6 Å². The first-order chi connectivity index (χ1) is 13.8. The number of benzene rings is 2. The summed E-state index contributed by atoms with van der Waals surface area (Å²) in [6.07, 6.45) is 1.28. The highest BCUT2D eigenvalue weighted by Gasteiger charge is 2.19. The molecule has 148 valence electrons. The number of nitrogens with one attached hydrogen (secondary N) is 1. The number of methoxy groups -OCH3 is 1. The maximum absolute atomic E-state index is 12.4. The van der Waals surface area contributed by atoms with Crippen molar-refractivity contribution in [3.8, 4) is 17.6 Å². The summed E-state index contributed by atoms with van der Waals surface area (Å²) in [6.45, 7) is -0.498. The van der Waals surface area contributed by atoms with Crippen LogP contribution in [-0.2, 0) is 9.59 Å². The number of anilines is 1. The molecule has 10 heteroatoms. The van der Waals surface area contributed by atoms with Gasteiger partial charge in [0.05, 0.1) is 18.1 Å². The quantitative estimate of drug-likeness (QED) is 0.298. The fourth-order valence-electron chi connectivity index (χ4n) is 2.21. The lowest BCUT2D eigenvalue weighted by Gasteiger charge is -2.07. The summed E-state index contributed by atoms with van der Waals surface area (Å²) in [4.78, 5) is 33.4. The number of hydrogen-bond acceptors (Lipinski definition) is 7. The van der Waals surface area contributed by atoms with Crippen LogP contribution in [0, 0.1) is 21.4 Å². The molecule has 2 aromatic carbocycles. The van der Waals surface area contributed by atoms with Gasteiger partial charge in [0.25, 0.3) is 11.6 Å². The van der Waals surface area contributed by atoms with Crippen molar-refractivity contribution in [1.29, 1.82) is 5.26 Å². The molecule has 0 bridgehead atoms. The first-order valence-corrected chi connectivity index (χ1v) is 8.04. The molecule has 0 spiro atoms. The molecule has 0 aliphatic carbocycles. The second-order valence-electron chi connectivity index (χ2n) is 5.52. The molecule has 0 saturated heterocycles. The van der Waals surface area contributed by atoms with Gasteiger partial charge in [-0.05, 0) is 35.9 Å². The Morgan fingerprint density at radius 2 is 1.90 bits per heavy atom. The number of aliphatic carboxylic acids is 1. The number of nitrogens with zero attached hydrogens (tertiary/aromatic N) is 2. The van der Waals surface area contributed by atoms with Crippen molar-refractivity contribution in [1.82, 2.24) is 0 Å². The molecule has 0 heterocycles. The van der Waals surface area contributed by atoms with Gasteiger partial charge in [-0.25, -0.2) is 4.79 Å². The Balaban J connectivity index is 2.20. The predicted molar refractivity (Wildman–Crippen MR) is 101 cm³/mol. The monoisotopic (exact) mass is 397 g/mol. The summed E-state index contributed by atoms with van der Waals surface area (Å²) in [5.74, 6) is -1.39. The Kier molecular flexibility index (Phi) is 6.86. The minimum Gasteiger partial charge on any atom is -0.496 e. The molecule has 2 rings (SSSR count). The highest BCUT2D eigenvalue weighted by Crippen LogP contribution is 2.29. The van der Waals surface area contributed by atoms with Gasteiger partial charge in [0, 0.05) is 0 Å². The van der Waals surface area contributed by atoms with E-state index in [-0.39, 0.29) is 22.7 Å². The van der Waals surface area contributed by atoms with Crippen LogP contribution in [0.25, 0.3) is 6.08 Å². The Bertz CT molecular complexity index is 1010. The average molecular weight is 397 g/mol. The second-order valence-corrected chi connectivity index (χ2v) is 5.52. The fraction of sp³-hybridized carbons (Fsp3) is 0.105. The summed E-state index contributed by atoms with van der Waals surface area (Å²) in [7, 11) is 1.35. The number of hydrogen-bond donors (Lipinski definition) is 2. The van der Waals surface area contributed by atoms with Crippen molar-refractivity contribution in [2.75, 3.05) is 19.0 Å². The number of carboxylic acid groups (broad SMARTS) is 1. The smallest absolute Gasteiger partial charge is 0.341 e. The number of ether oxygens (including phenoxy) is 2. The van der Waals surface area contributed by atoms with E-state index in [1.54, 1.807) is 6.07 Å². The number of carboxylic acids is 1. The zero-order chi connectivity index (χ0) is 21.4. The van der Waals surface area contributed by atoms with Gasteiger partial charge in [0.1, 0.15) is 28.8 Å². The molecule has 2 aromatic rings. The average Bonchev–Trinajstić information content (AvgIpc) is 2.71. The van der Waals surface area contributed by atoms with Gasteiger partial charge >= 0.3 is 5.97 Å². The van der Waals surface area contributed by atoms with Gasteiger partial charge in [0.15, 0.2) is 6.61 Å². The van der Waals surface area contributed by atoms with Crippen molar-refractivity contribution < 1.29 is 29.1 Å². The summed E-state index contributed by atoms with van der Waals surface area (Å²) in [5.41, 5.74) is -0.271. The van der Waals surface area contributed by atoms with Gasteiger partial charge in [0.2, 0.25) is 0 Å². The molecule has 0 fully saturated rings. The van der Waals surface area contributed by atoms with Gasteiger partial charge in [-0.15, -0.1) is 0 Å². The van der Waals surface area contributed by atoms with Crippen molar-refractivity contribution in [2.45, 2.75) is 0 Å².